The summed E-state index contributed by atoms with van der Waals surface area (Å²) in [5.74, 6) is 0. The van der Waals surface area contributed by atoms with Crippen molar-refractivity contribution >= 4 is 115 Å². The SMILES string of the molecule is CC(C)(C)c1cc2ccc3c4c5c(c6ccc(c1)c2c36)-n1c2c(cc3ccccc3c2c2ccc3ccccc3c21)B5n1c2ccc(C(C)(C)C)cc2c2cc(C(C)(C)C)cc-4c21. The lowest BCUT2D eigenvalue weighted by molar-refractivity contribution is 0.590. The molecule has 4 heterocycles. The second kappa shape index (κ2) is 11.3. The van der Waals surface area contributed by atoms with Gasteiger partial charge in [0.15, 0.2) is 0 Å². The number of aromatic nitrogens is 2. The van der Waals surface area contributed by atoms with Crippen LogP contribution in [0.5, 0.6) is 0 Å². The van der Waals surface area contributed by atoms with Gasteiger partial charge >= 0.3 is 6.85 Å². The van der Waals surface area contributed by atoms with E-state index in [1.807, 2.05) is 0 Å². The average molecular weight is 809 g/mol. The highest BCUT2D eigenvalue weighted by Crippen LogP contribution is 2.52. The van der Waals surface area contributed by atoms with Crippen molar-refractivity contribution in [2.24, 2.45) is 0 Å². The predicted octanol–water partition coefficient (Wildman–Crippen LogP) is 14.9. The molecule has 0 fully saturated rings. The highest BCUT2D eigenvalue weighted by Gasteiger charge is 2.44. The van der Waals surface area contributed by atoms with Crippen LogP contribution in [0, 0.1) is 0 Å². The van der Waals surface area contributed by atoms with Crippen LogP contribution in [0.3, 0.4) is 0 Å². The predicted molar refractivity (Wildman–Crippen MR) is 274 cm³/mol. The summed E-state index contributed by atoms with van der Waals surface area (Å²) in [5.41, 5.74) is 16.3. The number of nitrogens with zero attached hydrogens (tertiary/aromatic N) is 2. The first-order valence-electron chi connectivity index (χ1n) is 23.0. The van der Waals surface area contributed by atoms with Crippen molar-refractivity contribution in [2.45, 2.75) is 78.6 Å². The summed E-state index contributed by atoms with van der Waals surface area (Å²) in [6.07, 6.45) is 0. The fourth-order valence-electron chi connectivity index (χ4n) is 12.3. The largest absolute Gasteiger partial charge is 0.375 e. The fraction of sp³-hybridized carbons (Fsp3) is 0.200. The molecule has 2 nitrogen and oxygen atoms in total. The zero-order chi connectivity index (χ0) is 42.8. The Morgan fingerprint density at radius 2 is 1.02 bits per heavy atom. The van der Waals surface area contributed by atoms with E-state index in [-0.39, 0.29) is 23.1 Å². The molecule has 2 aliphatic rings. The Bertz CT molecular complexity index is 4060. The minimum Gasteiger partial charge on any atom is -0.375 e. The van der Waals surface area contributed by atoms with Crippen molar-refractivity contribution < 1.29 is 0 Å². The summed E-state index contributed by atoms with van der Waals surface area (Å²) in [4.78, 5) is 0. The van der Waals surface area contributed by atoms with Crippen LogP contribution in [0.2, 0.25) is 0 Å². The van der Waals surface area contributed by atoms with E-state index in [0.717, 1.165) is 0 Å². The highest BCUT2D eigenvalue weighted by atomic mass is 15.0. The van der Waals surface area contributed by atoms with Crippen LogP contribution < -0.4 is 10.9 Å². The fourth-order valence-corrected chi connectivity index (χ4v) is 12.3. The molecule has 0 amide bonds. The summed E-state index contributed by atoms with van der Waals surface area (Å²) in [5, 5.41) is 18.6. The first-order chi connectivity index (χ1) is 30.2. The molecule has 0 unspecified atom stereocenters. The minimum atomic E-state index is -0.0575. The molecule has 0 N–H and O–H groups in total. The molecule has 3 heteroatoms. The molecule has 302 valence electrons. The van der Waals surface area contributed by atoms with Gasteiger partial charge in [0.1, 0.15) is 0 Å². The summed E-state index contributed by atoms with van der Waals surface area (Å²) in [6, 6.07) is 52.8. The van der Waals surface area contributed by atoms with Gasteiger partial charge in [0.05, 0.1) is 16.7 Å². The van der Waals surface area contributed by atoms with E-state index in [0.29, 0.717) is 0 Å². The van der Waals surface area contributed by atoms with Crippen LogP contribution in [-0.4, -0.2) is 15.9 Å². The van der Waals surface area contributed by atoms with Gasteiger partial charge in [-0.05, 0) is 111 Å². The van der Waals surface area contributed by atoms with Crippen molar-refractivity contribution in [3.05, 3.63) is 150 Å². The second-order valence-electron chi connectivity index (χ2n) is 22.1. The molecule has 2 aromatic heterocycles. The van der Waals surface area contributed by atoms with E-state index in [1.54, 1.807) is 0 Å². The van der Waals surface area contributed by atoms with Crippen molar-refractivity contribution in [1.82, 2.24) is 9.05 Å². The van der Waals surface area contributed by atoms with E-state index < -0.39 is 0 Å². The lowest BCUT2D eigenvalue weighted by Crippen LogP contribution is -2.55. The number of fused-ring (bicyclic) bond motifs is 16. The van der Waals surface area contributed by atoms with Crippen molar-refractivity contribution in [3.63, 3.8) is 0 Å². The van der Waals surface area contributed by atoms with Crippen molar-refractivity contribution in [3.8, 4) is 16.8 Å². The molecule has 0 saturated carbocycles. The van der Waals surface area contributed by atoms with Crippen LogP contribution in [0.15, 0.2) is 133 Å². The maximum Gasteiger partial charge on any atom is 0.333 e. The van der Waals surface area contributed by atoms with Gasteiger partial charge in [-0.2, -0.15) is 0 Å². The summed E-state index contributed by atoms with van der Waals surface area (Å²) in [6.45, 7) is 21.2. The zero-order valence-corrected chi connectivity index (χ0v) is 37.7. The van der Waals surface area contributed by atoms with E-state index in [1.165, 1.54) is 142 Å². The lowest BCUT2D eigenvalue weighted by atomic mass is 9.45. The van der Waals surface area contributed by atoms with E-state index in [9.17, 15) is 0 Å². The molecule has 0 aliphatic carbocycles. The van der Waals surface area contributed by atoms with Crippen LogP contribution >= 0.6 is 0 Å². The van der Waals surface area contributed by atoms with Gasteiger partial charge in [0.25, 0.3) is 0 Å². The summed E-state index contributed by atoms with van der Waals surface area (Å²) in [7, 11) is 0. The molecule has 0 radical (unpaired) electrons. The molecule has 0 spiro atoms. The summed E-state index contributed by atoms with van der Waals surface area (Å²) >= 11 is 0. The maximum absolute atomic E-state index is 2.78. The molecular formula is C60H49BN2. The Hall–Kier alpha value is -6.58. The molecule has 0 bridgehead atoms. The number of rotatable bonds is 0. The molecule has 0 atom stereocenters. The molecule has 63 heavy (non-hydrogen) atoms. The quantitative estimate of drug-likeness (QED) is 0.107. The Morgan fingerprint density at radius 1 is 0.397 bits per heavy atom. The van der Waals surface area contributed by atoms with Crippen LogP contribution in [0.4, 0.5) is 0 Å². The van der Waals surface area contributed by atoms with Gasteiger partial charge in [-0.15, -0.1) is 0 Å². The molecule has 14 rings (SSSR count). The van der Waals surface area contributed by atoms with Crippen LogP contribution in [0.1, 0.15) is 79.0 Å². The first-order valence-corrected chi connectivity index (χ1v) is 23.0. The molecule has 2 aliphatic heterocycles. The van der Waals surface area contributed by atoms with Crippen molar-refractivity contribution in [1.29, 1.82) is 0 Å². The Kier molecular flexibility index (Phi) is 6.46. The van der Waals surface area contributed by atoms with E-state index in [2.05, 4.69) is 205 Å². The minimum absolute atomic E-state index is 0.0146. The third-order valence-corrected chi connectivity index (χ3v) is 15.4. The maximum atomic E-state index is 2.78. The van der Waals surface area contributed by atoms with Gasteiger partial charge in [0, 0.05) is 54.3 Å². The highest BCUT2D eigenvalue weighted by molar-refractivity contribution is 6.91. The second-order valence-corrected chi connectivity index (χ2v) is 22.1. The van der Waals surface area contributed by atoms with Crippen LogP contribution in [-0.2, 0) is 16.2 Å². The van der Waals surface area contributed by atoms with Crippen molar-refractivity contribution in [2.75, 3.05) is 0 Å². The Balaban J connectivity index is 1.30. The smallest absolute Gasteiger partial charge is 0.333 e. The number of hydrogen-bond acceptors (Lipinski definition) is 0. The van der Waals surface area contributed by atoms with Gasteiger partial charge in [-0.1, -0.05) is 172 Å². The molecule has 0 saturated heterocycles. The third-order valence-electron chi connectivity index (χ3n) is 15.4. The summed E-state index contributed by atoms with van der Waals surface area (Å²) < 4.78 is 5.52. The van der Waals surface area contributed by atoms with Gasteiger partial charge in [-0.3, -0.25) is 0 Å². The molecule has 10 aromatic carbocycles. The van der Waals surface area contributed by atoms with Gasteiger partial charge in [0.2, 0.25) is 0 Å². The van der Waals surface area contributed by atoms with Crippen LogP contribution in [0.25, 0.3) is 114 Å². The first kappa shape index (κ1) is 36.0. The Labute approximate surface area is 368 Å². The molecular weight excluding hydrogens is 759 g/mol. The number of hydrogen-bond donors (Lipinski definition) is 0. The normalized spacial score (nSPS) is 14.1. The van der Waals surface area contributed by atoms with E-state index in [4.69, 9.17) is 0 Å². The standard InChI is InChI=1S/C60H49BN2/c1-58(2,3)36-21-25-48-44(29-36)45-30-38(60(7,8)9)31-46-51-41-22-19-34-26-37(59(4,5)6)27-35-20-24-42(50(41)49(34)35)56-53(51)61(63(48)55(45)46)47-28-33-15-11-12-16-39(33)52-43-23-18-32-14-10-13-17-40(32)54(43)62(56)57(47)52/h10-31H,1-9H3. The lowest BCUT2D eigenvalue weighted by Gasteiger charge is -2.37. The van der Waals surface area contributed by atoms with Gasteiger partial charge < -0.3 is 9.05 Å². The molecule has 12 aromatic rings. The van der Waals surface area contributed by atoms with Gasteiger partial charge in [-0.25, -0.2) is 0 Å². The third kappa shape index (κ3) is 4.41. The topological polar surface area (TPSA) is 9.86 Å². The zero-order valence-electron chi connectivity index (χ0n) is 37.7. The monoisotopic (exact) mass is 808 g/mol. The Morgan fingerprint density at radius 3 is 1.75 bits per heavy atom. The van der Waals surface area contributed by atoms with E-state index >= 15 is 0 Å². The number of benzene rings is 10. The average Bonchev–Trinajstić information content (AvgIpc) is 3.78.